The van der Waals surface area contributed by atoms with Gasteiger partial charge in [0.2, 0.25) is 5.95 Å². The molecule has 0 saturated carbocycles. The first-order valence-corrected chi connectivity index (χ1v) is 12.6. The van der Waals surface area contributed by atoms with Crippen LogP contribution in [0.1, 0.15) is 37.0 Å². The second-order valence-electron chi connectivity index (χ2n) is 9.68. The summed E-state index contributed by atoms with van der Waals surface area (Å²) in [6.45, 7) is 7.31. The molecule has 2 aliphatic heterocycles. The van der Waals surface area contributed by atoms with Gasteiger partial charge in [-0.2, -0.15) is 9.97 Å². The molecule has 2 aliphatic rings. The minimum absolute atomic E-state index is 0.0936. The van der Waals surface area contributed by atoms with Gasteiger partial charge in [-0.1, -0.05) is 12.1 Å². The molecule has 4 heterocycles. The molecule has 0 radical (unpaired) electrons. The predicted molar refractivity (Wildman–Crippen MR) is 141 cm³/mol. The van der Waals surface area contributed by atoms with Crippen LogP contribution in [-0.2, 0) is 9.47 Å². The Balaban J connectivity index is 1.60. The lowest BCUT2D eigenvalue weighted by Crippen LogP contribution is -2.46. The number of rotatable bonds is 5. The van der Waals surface area contributed by atoms with Crippen LogP contribution in [0.4, 0.5) is 11.8 Å². The number of ether oxygens (including phenoxy) is 2. The number of nitrogens with one attached hydrogen (secondary N) is 1. The van der Waals surface area contributed by atoms with Gasteiger partial charge in [0.1, 0.15) is 5.82 Å². The van der Waals surface area contributed by atoms with Crippen LogP contribution in [0.5, 0.6) is 0 Å². The summed E-state index contributed by atoms with van der Waals surface area (Å²) in [4.78, 5) is 31.6. The highest BCUT2D eigenvalue weighted by Gasteiger charge is 2.28. The van der Waals surface area contributed by atoms with Crippen LogP contribution in [0, 0.1) is 0 Å². The normalized spacial score (nSPS) is 22.6. The van der Waals surface area contributed by atoms with Crippen molar-refractivity contribution in [1.29, 1.82) is 0 Å². The van der Waals surface area contributed by atoms with E-state index in [1.165, 1.54) is 0 Å². The molecule has 1 N–H and O–H groups in total. The Morgan fingerprint density at radius 2 is 1.86 bits per heavy atom. The number of benzene rings is 1. The summed E-state index contributed by atoms with van der Waals surface area (Å²) < 4.78 is 11.6. The van der Waals surface area contributed by atoms with Crippen LogP contribution in [0.15, 0.2) is 36.4 Å². The molecule has 2 fully saturated rings. The highest BCUT2D eigenvalue weighted by Crippen LogP contribution is 2.31. The van der Waals surface area contributed by atoms with Gasteiger partial charge in [-0.15, -0.1) is 0 Å². The summed E-state index contributed by atoms with van der Waals surface area (Å²) in [6, 6.07) is 11.5. The first-order chi connectivity index (χ1) is 17.4. The third-order valence-electron chi connectivity index (χ3n) is 6.89. The third-order valence-corrected chi connectivity index (χ3v) is 6.89. The van der Waals surface area contributed by atoms with Gasteiger partial charge in [0.25, 0.3) is 5.91 Å². The molecule has 1 aromatic carbocycles. The van der Waals surface area contributed by atoms with Gasteiger partial charge in [-0.05, 0) is 51.0 Å². The van der Waals surface area contributed by atoms with Gasteiger partial charge in [-0.3, -0.25) is 4.79 Å². The van der Waals surface area contributed by atoms with Crippen LogP contribution in [0.3, 0.4) is 0 Å². The summed E-state index contributed by atoms with van der Waals surface area (Å²) in [5, 5.41) is 3.59. The number of morpholine rings is 1. The fourth-order valence-electron chi connectivity index (χ4n) is 5.15. The first-order valence-electron chi connectivity index (χ1n) is 12.6. The molecule has 0 bridgehead atoms. The third kappa shape index (κ3) is 4.99. The number of fused-ring (bicyclic) bond motifs is 1. The molecule has 0 spiro atoms. The fourth-order valence-corrected chi connectivity index (χ4v) is 5.15. The van der Waals surface area contributed by atoms with E-state index in [4.69, 9.17) is 24.4 Å². The van der Waals surface area contributed by atoms with E-state index in [0.29, 0.717) is 17.2 Å². The van der Waals surface area contributed by atoms with Gasteiger partial charge in [-0.25, -0.2) is 4.98 Å². The lowest BCUT2D eigenvalue weighted by molar-refractivity contribution is -0.00570. The lowest BCUT2D eigenvalue weighted by Gasteiger charge is -2.37. The van der Waals surface area contributed by atoms with Gasteiger partial charge < -0.3 is 24.6 Å². The van der Waals surface area contributed by atoms with E-state index in [1.54, 1.807) is 20.2 Å². The summed E-state index contributed by atoms with van der Waals surface area (Å²) in [5.41, 5.74) is 2.87. The number of piperidine rings is 1. The van der Waals surface area contributed by atoms with Gasteiger partial charge in [0.15, 0.2) is 5.65 Å². The number of amides is 1. The van der Waals surface area contributed by atoms with Crippen LogP contribution in [0.25, 0.3) is 22.3 Å². The van der Waals surface area contributed by atoms with E-state index >= 15 is 0 Å². The molecule has 5 rings (SSSR count). The number of methoxy groups -OCH3 is 1. The minimum atomic E-state index is -0.127. The molecular formula is C27H34N6O3. The zero-order valence-corrected chi connectivity index (χ0v) is 21.4. The molecule has 9 nitrogen and oxygen atoms in total. The Morgan fingerprint density at radius 3 is 2.61 bits per heavy atom. The van der Waals surface area contributed by atoms with Crippen molar-refractivity contribution in [3.8, 4) is 11.3 Å². The molecule has 190 valence electrons. The second kappa shape index (κ2) is 10.4. The van der Waals surface area contributed by atoms with Crippen LogP contribution in [-0.4, -0.2) is 79.5 Å². The van der Waals surface area contributed by atoms with Crippen molar-refractivity contribution in [3.05, 3.63) is 42.0 Å². The highest BCUT2D eigenvalue weighted by atomic mass is 16.5. The SMILES string of the molecule is CNC(=O)c1cccc(-c2ccc3c(N4CCCC(OC)C4)nc(N4CC(C)OC(C)C4)nc3n2)c1. The van der Waals surface area contributed by atoms with Crippen molar-refractivity contribution in [1.82, 2.24) is 20.3 Å². The average molecular weight is 491 g/mol. The maximum atomic E-state index is 12.2. The standard InChI is InChI=1S/C27H34N6O3/c1-17-14-33(15-18(2)36-17)27-30-24-22(25(31-27)32-12-6-9-21(16-32)35-4)10-11-23(29-24)19-7-5-8-20(13-19)26(34)28-3/h5,7-8,10-11,13,17-18,21H,6,9,12,14-16H2,1-4H3,(H,28,34). The molecule has 1 amide bonds. The number of pyridine rings is 1. The minimum Gasteiger partial charge on any atom is -0.380 e. The summed E-state index contributed by atoms with van der Waals surface area (Å²) in [5.74, 6) is 1.43. The molecular weight excluding hydrogens is 456 g/mol. The van der Waals surface area contributed by atoms with Gasteiger partial charge in [0, 0.05) is 51.5 Å². The Kier molecular flexibility index (Phi) is 7.02. The molecule has 3 unspecified atom stereocenters. The summed E-state index contributed by atoms with van der Waals surface area (Å²) in [7, 11) is 3.40. The van der Waals surface area contributed by atoms with Crippen molar-refractivity contribution in [3.63, 3.8) is 0 Å². The Hall–Kier alpha value is -3.30. The van der Waals surface area contributed by atoms with Crippen LogP contribution >= 0.6 is 0 Å². The molecule has 3 aromatic rings. The van der Waals surface area contributed by atoms with Crippen molar-refractivity contribution in [2.45, 2.75) is 45.0 Å². The zero-order valence-electron chi connectivity index (χ0n) is 21.4. The smallest absolute Gasteiger partial charge is 0.251 e. The fraction of sp³-hybridized carbons (Fsp3) is 0.481. The molecule has 0 aliphatic carbocycles. The van der Waals surface area contributed by atoms with Crippen molar-refractivity contribution in [2.24, 2.45) is 0 Å². The number of carbonyl (C=O) groups is 1. The largest absolute Gasteiger partial charge is 0.380 e. The van der Waals surface area contributed by atoms with E-state index in [2.05, 4.69) is 29.0 Å². The Labute approximate surface area is 211 Å². The first kappa shape index (κ1) is 24.4. The Morgan fingerprint density at radius 1 is 1.06 bits per heavy atom. The number of hydrogen-bond acceptors (Lipinski definition) is 8. The zero-order chi connectivity index (χ0) is 25.2. The maximum absolute atomic E-state index is 12.2. The summed E-state index contributed by atoms with van der Waals surface area (Å²) in [6.07, 6.45) is 2.45. The number of anilines is 2. The molecule has 36 heavy (non-hydrogen) atoms. The van der Waals surface area contributed by atoms with Crippen molar-refractivity contribution >= 4 is 28.7 Å². The number of nitrogens with zero attached hydrogens (tertiary/aromatic N) is 5. The van der Waals surface area contributed by atoms with Gasteiger partial charge >= 0.3 is 0 Å². The van der Waals surface area contributed by atoms with Crippen LogP contribution in [0.2, 0.25) is 0 Å². The second-order valence-corrected chi connectivity index (χ2v) is 9.68. The Bertz CT molecular complexity index is 1240. The molecule has 3 atom stereocenters. The average Bonchev–Trinajstić information content (AvgIpc) is 2.91. The monoisotopic (exact) mass is 490 g/mol. The molecule has 2 aromatic heterocycles. The topological polar surface area (TPSA) is 92.7 Å². The number of hydrogen-bond donors (Lipinski definition) is 1. The maximum Gasteiger partial charge on any atom is 0.251 e. The van der Waals surface area contributed by atoms with Gasteiger partial charge in [0.05, 0.1) is 29.4 Å². The van der Waals surface area contributed by atoms with Crippen molar-refractivity contribution < 1.29 is 14.3 Å². The van der Waals surface area contributed by atoms with E-state index in [-0.39, 0.29) is 24.2 Å². The summed E-state index contributed by atoms with van der Waals surface area (Å²) >= 11 is 0. The van der Waals surface area contributed by atoms with E-state index in [1.807, 2.05) is 30.3 Å². The molecule has 9 heteroatoms. The van der Waals surface area contributed by atoms with Crippen LogP contribution < -0.4 is 15.1 Å². The quantitative estimate of drug-likeness (QED) is 0.583. The van der Waals surface area contributed by atoms with E-state index in [9.17, 15) is 4.79 Å². The highest BCUT2D eigenvalue weighted by molar-refractivity contribution is 5.95. The lowest BCUT2D eigenvalue weighted by atomic mass is 10.1. The van der Waals surface area contributed by atoms with E-state index < -0.39 is 0 Å². The predicted octanol–water partition coefficient (Wildman–Crippen LogP) is 3.28. The van der Waals surface area contributed by atoms with Crippen molar-refractivity contribution in [2.75, 3.05) is 50.1 Å². The molecule has 2 saturated heterocycles. The van der Waals surface area contributed by atoms with E-state index in [0.717, 1.165) is 61.5 Å². The number of carbonyl (C=O) groups excluding carboxylic acids is 1. The number of aromatic nitrogens is 3.